The van der Waals surface area contributed by atoms with Gasteiger partial charge in [0.1, 0.15) is 0 Å². The topological polar surface area (TPSA) is 49.3 Å². The van der Waals surface area contributed by atoms with E-state index in [2.05, 4.69) is 5.32 Å². The van der Waals surface area contributed by atoms with E-state index in [0.717, 1.165) is 31.2 Å². The summed E-state index contributed by atoms with van der Waals surface area (Å²) in [7, 11) is 0. The number of nitrogens with one attached hydrogen (secondary N) is 1. The summed E-state index contributed by atoms with van der Waals surface area (Å²) in [5.41, 5.74) is 0.957. The lowest BCUT2D eigenvalue weighted by Crippen LogP contribution is -2.44. The fourth-order valence-corrected chi connectivity index (χ4v) is 2.55. The Labute approximate surface area is 108 Å². The average molecular weight is 247 g/mol. The molecule has 1 aliphatic carbocycles. The number of carbonyl (C=O) groups is 1. The van der Waals surface area contributed by atoms with E-state index in [9.17, 15) is 9.90 Å². The summed E-state index contributed by atoms with van der Waals surface area (Å²) in [4.78, 5) is 12.0. The number of amides is 1. The van der Waals surface area contributed by atoms with E-state index in [0.29, 0.717) is 12.1 Å². The lowest BCUT2D eigenvalue weighted by molar-refractivity contribution is 0.00525. The Morgan fingerprint density at radius 2 is 1.94 bits per heavy atom. The minimum absolute atomic E-state index is 0.0906. The van der Waals surface area contributed by atoms with Crippen LogP contribution in [0.1, 0.15) is 48.0 Å². The molecule has 3 heteroatoms. The summed E-state index contributed by atoms with van der Waals surface area (Å²) in [6.07, 6.45) is 4.88. The van der Waals surface area contributed by atoms with Crippen molar-refractivity contribution in [2.24, 2.45) is 0 Å². The highest BCUT2D eigenvalue weighted by molar-refractivity contribution is 5.95. The molecule has 0 spiro atoms. The molecule has 1 aliphatic rings. The van der Waals surface area contributed by atoms with Crippen LogP contribution in [-0.2, 0) is 0 Å². The largest absolute Gasteiger partial charge is 0.388 e. The van der Waals surface area contributed by atoms with Crippen molar-refractivity contribution in [3.63, 3.8) is 0 Å². The van der Waals surface area contributed by atoms with E-state index in [1.54, 1.807) is 0 Å². The maximum atomic E-state index is 12.0. The Morgan fingerprint density at radius 1 is 1.28 bits per heavy atom. The Bertz CT molecular complexity index is 422. The van der Waals surface area contributed by atoms with E-state index < -0.39 is 5.60 Å². The molecule has 0 atom stereocenters. The number of aliphatic hydroxyl groups is 1. The van der Waals surface area contributed by atoms with Crippen LogP contribution in [0.2, 0.25) is 0 Å². The average Bonchev–Trinajstić information content (AvgIpc) is 2.38. The molecule has 1 amide bonds. The van der Waals surface area contributed by atoms with Crippen molar-refractivity contribution >= 4 is 5.91 Å². The molecule has 98 valence electrons. The van der Waals surface area contributed by atoms with Gasteiger partial charge < -0.3 is 10.4 Å². The minimum atomic E-state index is -0.698. The molecule has 1 saturated carbocycles. The fraction of sp³-hybridized carbons (Fsp3) is 0.533. The van der Waals surface area contributed by atoms with Gasteiger partial charge in [0.25, 0.3) is 5.91 Å². The third-order valence-electron chi connectivity index (χ3n) is 3.75. The third kappa shape index (κ3) is 3.10. The summed E-state index contributed by atoms with van der Waals surface area (Å²) in [6, 6.07) is 7.51. The van der Waals surface area contributed by atoms with Gasteiger partial charge in [-0.05, 0) is 31.4 Å². The van der Waals surface area contributed by atoms with Gasteiger partial charge in [-0.1, -0.05) is 37.5 Å². The molecular weight excluding hydrogens is 226 g/mol. The molecule has 0 heterocycles. The molecule has 0 saturated heterocycles. The first-order valence-corrected chi connectivity index (χ1v) is 6.67. The Balaban J connectivity index is 1.94. The van der Waals surface area contributed by atoms with Crippen molar-refractivity contribution in [1.29, 1.82) is 0 Å². The third-order valence-corrected chi connectivity index (χ3v) is 3.75. The van der Waals surface area contributed by atoms with Crippen LogP contribution in [0.4, 0.5) is 0 Å². The Hall–Kier alpha value is -1.35. The van der Waals surface area contributed by atoms with Gasteiger partial charge in [-0.2, -0.15) is 0 Å². The Kier molecular flexibility index (Phi) is 4.02. The predicted molar refractivity (Wildman–Crippen MR) is 71.5 cm³/mol. The maximum absolute atomic E-state index is 12.0. The highest BCUT2D eigenvalue weighted by atomic mass is 16.3. The van der Waals surface area contributed by atoms with Crippen LogP contribution in [0, 0.1) is 6.92 Å². The number of hydrogen-bond donors (Lipinski definition) is 2. The van der Waals surface area contributed by atoms with Gasteiger partial charge in [-0.25, -0.2) is 0 Å². The van der Waals surface area contributed by atoms with Crippen molar-refractivity contribution in [2.45, 2.75) is 44.6 Å². The highest BCUT2D eigenvalue weighted by Gasteiger charge is 2.29. The highest BCUT2D eigenvalue weighted by Crippen LogP contribution is 2.27. The van der Waals surface area contributed by atoms with Gasteiger partial charge in [-0.3, -0.25) is 4.79 Å². The quantitative estimate of drug-likeness (QED) is 0.861. The molecule has 3 nitrogen and oxygen atoms in total. The zero-order valence-electron chi connectivity index (χ0n) is 10.9. The SMILES string of the molecule is Cc1ccccc1C(=O)NCC1(O)CCCCC1. The van der Waals surface area contributed by atoms with Crippen LogP contribution < -0.4 is 5.32 Å². The van der Waals surface area contributed by atoms with Crippen LogP contribution in [0.5, 0.6) is 0 Å². The van der Waals surface area contributed by atoms with Crippen LogP contribution in [0.25, 0.3) is 0 Å². The molecule has 0 aliphatic heterocycles. The second-order valence-corrected chi connectivity index (χ2v) is 5.28. The summed E-state index contributed by atoms with van der Waals surface area (Å²) in [5.74, 6) is -0.0906. The van der Waals surface area contributed by atoms with Gasteiger partial charge in [-0.15, -0.1) is 0 Å². The maximum Gasteiger partial charge on any atom is 0.251 e. The molecule has 0 radical (unpaired) electrons. The molecule has 0 bridgehead atoms. The van der Waals surface area contributed by atoms with Crippen LogP contribution in [0.15, 0.2) is 24.3 Å². The fourth-order valence-electron chi connectivity index (χ4n) is 2.55. The van der Waals surface area contributed by atoms with Gasteiger partial charge in [0.15, 0.2) is 0 Å². The molecule has 2 N–H and O–H groups in total. The van der Waals surface area contributed by atoms with E-state index in [4.69, 9.17) is 0 Å². The zero-order valence-corrected chi connectivity index (χ0v) is 10.9. The molecule has 0 unspecified atom stereocenters. The molecular formula is C15H21NO2. The number of aryl methyl sites for hydroxylation is 1. The van der Waals surface area contributed by atoms with Crippen LogP contribution in [0.3, 0.4) is 0 Å². The van der Waals surface area contributed by atoms with Crippen molar-refractivity contribution in [3.05, 3.63) is 35.4 Å². The first kappa shape index (κ1) is 13.1. The summed E-state index contributed by atoms with van der Waals surface area (Å²) >= 11 is 0. The van der Waals surface area contributed by atoms with Gasteiger partial charge in [0.05, 0.1) is 5.60 Å². The monoisotopic (exact) mass is 247 g/mol. The van der Waals surface area contributed by atoms with Gasteiger partial charge >= 0.3 is 0 Å². The van der Waals surface area contributed by atoms with Crippen molar-refractivity contribution in [3.8, 4) is 0 Å². The number of carbonyl (C=O) groups excluding carboxylic acids is 1. The summed E-state index contributed by atoms with van der Waals surface area (Å²) in [5, 5.41) is 13.2. The van der Waals surface area contributed by atoms with Crippen molar-refractivity contribution in [1.82, 2.24) is 5.32 Å². The van der Waals surface area contributed by atoms with Crippen molar-refractivity contribution < 1.29 is 9.90 Å². The molecule has 1 aromatic rings. The molecule has 1 aromatic carbocycles. The lowest BCUT2D eigenvalue weighted by Gasteiger charge is -2.32. The second kappa shape index (κ2) is 5.53. The smallest absolute Gasteiger partial charge is 0.251 e. The van der Waals surface area contributed by atoms with Crippen LogP contribution >= 0.6 is 0 Å². The first-order valence-electron chi connectivity index (χ1n) is 6.67. The van der Waals surface area contributed by atoms with E-state index in [-0.39, 0.29) is 5.91 Å². The first-order chi connectivity index (χ1) is 8.61. The summed E-state index contributed by atoms with van der Waals surface area (Å²) in [6.45, 7) is 2.28. The Morgan fingerprint density at radius 3 is 2.61 bits per heavy atom. The van der Waals surface area contributed by atoms with Gasteiger partial charge in [0.2, 0.25) is 0 Å². The standard InChI is InChI=1S/C15H21NO2/c1-12-7-3-4-8-13(12)14(17)16-11-15(18)9-5-2-6-10-15/h3-4,7-8,18H,2,5-6,9-11H2,1H3,(H,16,17). The molecule has 2 rings (SSSR count). The zero-order chi connectivity index (χ0) is 13.0. The van der Waals surface area contributed by atoms with E-state index in [1.165, 1.54) is 6.42 Å². The van der Waals surface area contributed by atoms with E-state index >= 15 is 0 Å². The minimum Gasteiger partial charge on any atom is -0.388 e. The normalized spacial score (nSPS) is 18.3. The van der Waals surface area contributed by atoms with Crippen LogP contribution in [-0.4, -0.2) is 23.2 Å². The predicted octanol–water partition coefficient (Wildman–Crippen LogP) is 2.42. The second-order valence-electron chi connectivity index (χ2n) is 5.28. The number of rotatable bonds is 3. The van der Waals surface area contributed by atoms with Crippen molar-refractivity contribution in [2.75, 3.05) is 6.54 Å². The summed E-state index contributed by atoms with van der Waals surface area (Å²) < 4.78 is 0. The number of hydrogen-bond acceptors (Lipinski definition) is 2. The molecule has 1 fully saturated rings. The van der Waals surface area contributed by atoms with Gasteiger partial charge in [0, 0.05) is 12.1 Å². The number of benzene rings is 1. The molecule has 0 aromatic heterocycles. The van der Waals surface area contributed by atoms with E-state index in [1.807, 2.05) is 31.2 Å². The lowest BCUT2D eigenvalue weighted by atomic mass is 9.85. The molecule has 18 heavy (non-hydrogen) atoms.